The van der Waals surface area contributed by atoms with Crippen molar-refractivity contribution in [3.05, 3.63) is 58.4 Å². The van der Waals surface area contributed by atoms with Crippen LogP contribution in [0.25, 0.3) is 11.3 Å². The van der Waals surface area contributed by atoms with Gasteiger partial charge in [-0.1, -0.05) is 30.3 Å². The van der Waals surface area contributed by atoms with Crippen LogP contribution in [-0.4, -0.2) is 39.5 Å². The molecule has 6 heteroatoms. The number of pyridine rings is 1. The molecule has 1 aromatic heterocycles. The largest absolute Gasteiger partial charge is 0.481 e. The number of piperidine rings is 1. The van der Waals surface area contributed by atoms with Gasteiger partial charge in [0.25, 0.3) is 11.5 Å². The van der Waals surface area contributed by atoms with E-state index in [0.29, 0.717) is 25.1 Å². The third-order valence-corrected chi connectivity index (χ3v) is 4.79. The molecule has 0 radical (unpaired) electrons. The van der Waals surface area contributed by atoms with Crippen LogP contribution < -0.4 is 5.56 Å². The molecule has 6 nitrogen and oxygen atoms in total. The third-order valence-electron chi connectivity index (χ3n) is 4.79. The van der Waals surface area contributed by atoms with Crippen molar-refractivity contribution >= 4 is 11.9 Å². The van der Waals surface area contributed by atoms with E-state index in [9.17, 15) is 19.5 Å². The van der Waals surface area contributed by atoms with Crippen LogP contribution in [0.4, 0.5) is 0 Å². The van der Waals surface area contributed by atoms with Gasteiger partial charge in [-0.05, 0) is 37.5 Å². The summed E-state index contributed by atoms with van der Waals surface area (Å²) in [4.78, 5) is 40.7. The first-order chi connectivity index (χ1) is 12.0. The Morgan fingerprint density at radius 1 is 1.16 bits per heavy atom. The van der Waals surface area contributed by atoms with Crippen LogP contribution in [-0.2, 0) is 4.79 Å². The minimum absolute atomic E-state index is 0.0394. The molecule has 1 fully saturated rings. The number of aromatic amines is 1. The number of carbonyl (C=O) groups is 2. The zero-order chi connectivity index (χ0) is 18.0. The molecule has 0 bridgehead atoms. The first-order valence-corrected chi connectivity index (χ1v) is 8.31. The van der Waals surface area contributed by atoms with Crippen molar-refractivity contribution in [2.45, 2.75) is 25.8 Å². The number of carbonyl (C=O) groups excluding carboxylic acids is 1. The van der Waals surface area contributed by atoms with Crippen LogP contribution in [0.3, 0.4) is 0 Å². The number of carboxylic acids is 1. The molecular weight excluding hydrogens is 320 g/mol. The number of rotatable bonds is 3. The highest BCUT2D eigenvalue weighted by atomic mass is 16.4. The van der Waals surface area contributed by atoms with Gasteiger partial charge < -0.3 is 15.0 Å². The van der Waals surface area contributed by atoms with Gasteiger partial charge in [0.15, 0.2) is 0 Å². The highest BCUT2D eigenvalue weighted by Gasteiger charge is 2.36. The fraction of sp³-hybridized carbons (Fsp3) is 0.316. The standard InChI is InChI=1S/C19H20N2O4/c1-12-14(19(24)25)8-5-11-21(12)18(23)15-9-10-16(20-17(15)22)13-6-3-2-4-7-13/h2-4,6-7,9-10,12,14H,5,8,11H2,1H3,(H,20,22)(H,24,25)/t12-,14-/m1/s1. The smallest absolute Gasteiger partial charge is 0.308 e. The summed E-state index contributed by atoms with van der Waals surface area (Å²) in [5.74, 6) is -1.92. The molecule has 0 unspecified atom stereocenters. The van der Waals surface area contributed by atoms with E-state index >= 15 is 0 Å². The van der Waals surface area contributed by atoms with Crippen LogP contribution in [0, 0.1) is 5.92 Å². The van der Waals surface area contributed by atoms with Gasteiger partial charge >= 0.3 is 5.97 Å². The zero-order valence-electron chi connectivity index (χ0n) is 13.9. The lowest BCUT2D eigenvalue weighted by molar-refractivity contribution is -0.144. The van der Waals surface area contributed by atoms with Crippen LogP contribution in [0.1, 0.15) is 30.1 Å². The monoisotopic (exact) mass is 340 g/mol. The SMILES string of the molecule is C[C@@H]1[C@H](C(=O)O)CCCN1C(=O)c1ccc(-c2ccccc2)[nH]c1=O. The van der Waals surface area contributed by atoms with Crippen molar-refractivity contribution < 1.29 is 14.7 Å². The number of nitrogens with one attached hydrogen (secondary N) is 1. The predicted molar refractivity (Wildman–Crippen MR) is 93.4 cm³/mol. The van der Waals surface area contributed by atoms with Gasteiger partial charge in [0.1, 0.15) is 5.56 Å². The lowest BCUT2D eigenvalue weighted by Crippen LogP contribution is -2.50. The highest BCUT2D eigenvalue weighted by molar-refractivity contribution is 5.94. The molecule has 130 valence electrons. The van der Waals surface area contributed by atoms with E-state index in [2.05, 4.69) is 4.98 Å². The summed E-state index contributed by atoms with van der Waals surface area (Å²) in [5, 5.41) is 9.29. The summed E-state index contributed by atoms with van der Waals surface area (Å²) in [6.07, 6.45) is 1.16. The van der Waals surface area contributed by atoms with Crippen LogP contribution >= 0.6 is 0 Å². The average Bonchev–Trinajstić information content (AvgIpc) is 2.62. The molecule has 2 aromatic rings. The Labute approximate surface area is 145 Å². The molecule has 1 aliphatic heterocycles. The molecule has 0 spiro atoms. The Hall–Kier alpha value is -2.89. The molecule has 2 heterocycles. The number of carboxylic acid groups (broad SMARTS) is 1. The normalized spacial score (nSPS) is 20.3. The van der Waals surface area contributed by atoms with Gasteiger partial charge in [-0.2, -0.15) is 0 Å². The number of likely N-dealkylation sites (tertiary alicyclic amines) is 1. The first kappa shape index (κ1) is 17.0. The van der Waals surface area contributed by atoms with Gasteiger partial charge in [-0.3, -0.25) is 14.4 Å². The fourth-order valence-corrected chi connectivity index (χ4v) is 3.34. The quantitative estimate of drug-likeness (QED) is 0.897. The van der Waals surface area contributed by atoms with Crippen molar-refractivity contribution in [1.82, 2.24) is 9.88 Å². The molecule has 1 aromatic carbocycles. The number of H-pyrrole nitrogens is 1. The number of benzene rings is 1. The molecular formula is C19H20N2O4. The predicted octanol–water partition coefficient (Wildman–Crippen LogP) is 2.37. The molecule has 0 saturated carbocycles. The maximum absolute atomic E-state index is 12.8. The molecule has 0 aliphatic carbocycles. The van der Waals surface area contributed by atoms with E-state index in [-0.39, 0.29) is 5.56 Å². The molecule has 3 rings (SSSR count). The lowest BCUT2D eigenvalue weighted by atomic mass is 9.90. The van der Waals surface area contributed by atoms with Crippen LogP contribution in [0.2, 0.25) is 0 Å². The van der Waals surface area contributed by atoms with Gasteiger partial charge in [0.2, 0.25) is 0 Å². The Bertz CT molecular complexity index is 844. The van der Waals surface area contributed by atoms with E-state index in [1.165, 1.54) is 11.0 Å². The number of hydrogen-bond donors (Lipinski definition) is 2. The Morgan fingerprint density at radius 3 is 2.52 bits per heavy atom. The summed E-state index contributed by atoms with van der Waals surface area (Å²) in [6.45, 7) is 2.19. The van der Waals surface area contributed by atoms with Gasteiger partial charge in [0, 0.05) is 18.3 Å². The Balaban J connectivity index is 1.88. The molecule has 1 amide bonds. The van der Waals surface area contributed by atoms with Crippen LogP contribution in [0.15, 0.2) is 47.3 Å². The Kier molecular flexibility index (Phi) is 4.70. The molecule has 1 saturated heterocycles. The van der Waals surface area contributed by atoms with Crippen LogP contribution in [0.5, 0.6) is 0 Å². The minimum atomic E-state index is -0.904. The van der Waals surface area contributed by atoms with Crippen molar-refractivity contribution in [2.24, 2.45) is 5.92 Å². The maximum atomic E-state index is 12.8. The molecule has 2 atom stereocenters. The second kappa shape index (κ2) is 6.93. The number of amides is 1. The minimum Gasteiger partial charge on any atom is -0.481 e. The summed E-state index contributed by atoms with van der Waals surface area (Å²) in [5.41, 5.74) is 1.07. The van der Waals surface area contributed by atoms with Crippen molar-refractivity contribution in [3.63, 3.8) is 0 Å². The van der Waals surface area contributed by atoms with E-state index in [1.54, 1.807) is 13.0 Å². The summed E-state index contributed by atoms with van der Waals surface area (Å²) in [6, 6.07) is 12.1. The topological polar surface area (TPSA) is 90.5 Å². The Morgan fingerprint density at radius 2 is 1.88 bits per heavy atom. The third kappa shape index (κ3) is 3.33. The highest BCUT2D eigenvalue weighted by Crippen LogP contribution is 2.25. The van der Waals surface area contributed by atoms with Crippen molar-refractivity contribution in [2.75, 3.05) is 6.54 Å². The number of nitrogens with zero attached hydrogens (tertiary/aromatic N) is 1. The van der Waals surface area contributed by atoms with E-state index < -0.39 is 29.4 Å². The molecule has 2 N–H and O–H groups in total. The average molecular weight is 340 g/mol. The zero-order valence-corrected chi connectivity index (χ0v) is 13.9. The van der Waals surface area contributed by atoms with E-state index in [1.807, 2.05) is 30.3 Å². The number of aliphatic carboxylic acids is 1. The summed E-state index contributed by atoms with van der Waals surface area (Å²) >= 11 is 0. The number of hydrogen-bond acceptors (Lipinski definition) is 3. The molecule has 25 heavy (non-hydrogen) atoms. The first-order valence-electron chi connectivity index (χ1n) is 8.31. The van der Waals surface area contributed by atoms with Gasteiger partial charge in [-0.25, -0.2) is 0 Å². The molecule has 1 aliphatic rings. The van der Waals surface area contributed by atoms with E-state index in [0.717, 1.165) is 5.56 Å². The van der Waals surface area contributed by atoms with Crippen molar-refractivity contribution in [3.8, 4) is 11.3 Å². The lowest BCUT2D eigenvalue weighted by Gasteiger charge is -2.37. The maximum Gasteiger partial charge on any atom is 0.308 e. The number of aromatic nitrogens is 1. The second-order valence-corrected chi connectivity index (χ2v) is 6.31. The van der Waals surface area contributed by atoms with Crippen molar-refractivity contribution in [1.29, 1.82) is 0 Å². The fourth-order valence-electron chi connectivity index (χ4n) is 3.34. The summed E-state index contributed by atoms with van der Waals surface area (Å²) in [7, 11) is 0. The second-order valence-electron chi connectivity index (χ2n) is 6.31. The van der Waals surface area contributed by atoms with Gasteiger partial charge in [0.05, 0.1) is 5.92 Å². The van der Waals surface area contributed by atoms with Gasteiger partial charge in [-0.15, -0.1) is 0 Å². The summed E-state index contributed by atoms with van der Waals surface area (Å²) < 4.78 is 0. The van der Waals surface area contributed by atoms with E-state index in [4.69, 9.17) is 0 Å².